The van der Waals surface area contributed by atoms with Gasteiger partial charge in [0.05, 0.1) is 5.56 Å². The molecule has 0 saturated heterocycles. The summed E-state index contributed by atoms with van der Waals surface area (Å²) in [5.74, 6) is -1.65. The minimum atomic E-state index is -0.718. The van der Waals surface area contributed by atoms with Crippen LogP contribution in [0.1, 0.15) is 35.2 Å². The van der Waals surface area contributed by atoms with Gasteiger partial charge < -0.3 is 5.32 Å². The molecule has 0 unspecified atom stereocenters. The van der Waals surface area contributed by atoms with Crippen LogP contribution in [-0.4, -0.2) is 12.5 Å². The highest BCUT2D eigenvalue weighted by Crippen LogP contribution is 2.17. The average Bonchev–Trinajstić information content (AvgIpc) is 2.50. The van der Waals surface area contributed by atoms with Gasteiger partial charge in [-0.05, 0) is 36.1 Å². The van der Waals surface area contributed by atoms with Crippen LogP contribution < -0.4 is 5.32 Å². The van der Waals surface area contributed by atoms with Crippen molar-refractivity contribution in [1.82, 2.24) is 5.32 Å². The molecule has 0 aliphatic heterocycles. The molecule has 2 aromatic carbocycles. The second-order valence-corrected chi connectivity index (χ2v) is 4.98. The van der Waals surface area contributed by atoms with E-state index in [0.717, 1.165) is 24.6 Å². The Morgan fingerprint density at radius 2 is 1.86 bits per heavy atom. The standard InChI is InChI=1S/C17H17F2NO/c1-12(13-5-3-2-4-6-13)9-10-20-17(21)15-11-14(18)7-8-16(15)19/h2-8,11-12H,9-10H2,1H3,(H,20,21)/t12-/m0/s1. The van der Waals surface area contributed by atoms with Gasteiger partial charge in [0.2, 0.25) is 0 Å². The molecular weight excluding hydrogens is 272 g/mol. The number of nitrogens with one attached hydrogen (secondary N) is 1. The molecule has 2 rings (SSSR count). The van der Waals surface area contributed by atoms with Crippen molar-refractivity contribution >= 4 is 5.91 Å². The molecule has 1 atom stereocenters. The minimum absolute atomic E-state index is 0.262. The van der Waals surface area contributed by atoms with E-state index >= 15 is 0 Å². The molecule has 0 aliphatic carbocycles. The second kappa shape index (κ2) is 6.97. The summed E-state index contributed by atoms with van der Waals surface area (Å²) in [7, 11) is 0. The largest absolute Gasteiger partial charge is 0.352 e. The van der Waals surface area contributed by atoms with Gasteiger partial charge in [0.1, 0.15) is 11.6 Å². The van der Waals surface area contributed by atoms with E-state index in [-0.39, 0.29) is 11.5 Å². The van der Waals surface area contributed by atoms with Gasteiger partial charge in [-0.15, -0.1) is 0 Å². The van der Waals surface area contributed by atoms with Gasteiger partial charge in [-0.2, -0.15) is 0 Å². The summed E-state index contributed by atoms with van der Waals surface area (Å²) in [5.41, 5.74) is 0.922. The van der Waals surface area contributed by atoms with Crippen molar-refractivity contribution in [1.29, 1.82) is 0 Å². The Bertz CT molecular complexity index is 613. The first-order valence-electron chi connectivity index (χ1n) is 6.86. The number of hydrogen-bond acceptors (Lipinski definition) is 1. The minimum Gasteiger partial charge on any atom is -0.352 e. The van der Waals surface area contributed by atoms with Crippen molar-refractivity contribution in [3.63, 3.8) is 0 Å². The first kappa shape index (κ1) is 15.2. The highest BCUT2D eigenvalue weighted by atomic mass is 19.1. The maximum atomic E-state index is 13.4. The Kier molecular flexibility index (Phi) is 5.04. The van der Waals surface area contributed by atoms with Crippen molar-refractivity contribution in [2.45, 2.75) is 19.3 Å². The smallest absolute Gasteiger partial charge is 0.254 e. The Morgan fingerprint density at radius 1 is 1.14 bits per heavy atom. The van der Waals surface area contributed by atoms with Crippen molar-refractivity contribution in [3.05, 3.63) is 71.3 Å². The number of halogens is 2. The predicted octanol–water partition coefficient (Wildman–Crippen LogP) is 3.89. The van der Waals surface area contributed by atoms with Crippen LogP contribution in [0.5, 0.6) is 0 Å². The molecule has 0 aromatic heterocycles. The van der Waals surface area contributed by atoms with E-state index in [2.05, 4.69) is 12.2 Å². The van der Waals surface area contributed by atoms with Gasteiger partial charge in [-0.25, -0.2) is 8.78 Å². The molecule has 21 heavy (non-hydrogen) atoms. The molecule has 1 amide bonds. The zero-order valence-corrected chi connectivity index (χ0v) is 11.8. The van der Waals surface area contributed by atoms with Crippen LogP contribution in [0.25, 0.3) is 0 Å². The molecule has 0 radical (unpaired) electrons. The lowest BCUT2D eigenvalue weighted by Crippen LogP contribution is -2.26. The summed E-state index contributed by atoms with van der Waals surface area (Å²) in [6.07, 6.45) is 0.729. The molecule has 0 saturated carbocycles. The van der Waals surface area contributed by atoms with Crippen LogP contribution in [0.3, 0.4) is 0 Å². The second-order valence-electron chi connectivity index (χ2n) is 4.98. The fourth-order valence-corrected chi connectivity index (χ4v) is 2.12. The summed E-state index contributed by atoms with van der Waals surface area (Å²) >= 11 is 0. The number of hydrogen-bond donors (Lipinski definition) is 1. The van der Waals surface area contributed by atoms with Crippen molar-refractivity contribution in [2.24, 2.45) is 0 Å². The van der Waals surface area contributed by atoms with Crippen LogP contribution in [-0.2, 0) is 0 Å². The summed E-state index contributed by atoms with van der Waals surface area (Å²) < 4.78 is 26.5. The average molecular weight is 289 g/mol. The Labute approximate surface area is 122 Å². The van der Waals surface area contributed by atoms with E-state index in [1.54, 1.807) is 0 Å². The molecule has 1 N–H and O–H groups in total. The monoisotopic (exact) mass is 289 g/mol. The summed E-state index contributed by atoms with van der Waals surface area (Å²) in [5, 5.41) is 2.62. The lowest BCUT2D eigenvalue weighted by Gasteiger charge is -2.12. The fraction of sp³-hybridized carbons (Fsp3) is 0.235. The van der Waals surface area contributed by atoms with Crippen LogP contribution in [0, 0.1) is 11.6 Å². The lowest BCUT2D eigenvalue weighted by atomic mass is 9.98. The van der Waals surface area contributed by atoms with E-state index in [9.17, 15) is 13.6 Å². The van der Waals surface area contributed by atoms with Crippen molar-refractivity contribution in [3.8, 4) is 0 Å². The van der Waals surface area contributed by atoms with Crippen LogP contribution >= 0.6 is 0 Å². The molecule has 0 heterocycles. The summed E-state index contributed by atoms with van der Waals surface area (Å²) in [6, 6.07) is 12.8. The maximum absolute atomic E-state index is 13.4. The van der Waals surface area contributed by atoms with Gasteiger partial charge in [0.25, 0.3) is 5.91 Å². The molecule has 0 spiro atoms. The third-order valence-electron chi connectivity index (χ3n) is 3.40. The van der Waals surface area contributed by atoms with Gasteiger partial charge in [-0.3, -0.25) is 4.79 Å². The van der Waals surface area contributed by atoms with Gasteiger partial charge in [-0.1, -0.05) is 37.3 Å². The SMILES string of the molecule is C[C@@H](CCNC(=O)c1cc(F)ccc1F)c1ccccc1. The highest BCUT2D eigenvalue weighted by Gasteiger charge is 2.13. The Morgan fingerprint density at radius 3 is 2.57 bits per heavy atom. The van der Waals surface area contributed by atoms with Gasteiger partial charge in [0, 0.05) is 6.54 Å². The van der Waals surface area contributed by atoms with Gasteiger partial charge >= 0.3 is 0 Å². The van der Waals surface area contributed by atoms with E-state index in [1.165, 1.54) is 5.56 Å². The molecule has 0 fully saturated rings. The van der Waals surface area contributed by atoms with E-state index in [0.29, 0.717) is 6.54 Å². The normalized spacial score (nSPS) is 12.0. The third kappa shape index (κ3) is 4.12. The summed E-state index contributed by atoms with van der Waals surface area (Å²) in [6.45, 7) is 2.47. The third-order valence-corrected chi connectivity index (χ3v) is 3.40. The Balaban J connectivity index is 1.88. The van der Waals surface area contributed by atoms with Crippen LogP contribution in [0.15, 0.2) is 48.5 Å². The molecule has 2 aromatic rings. The summed E-state index contributed by atoms with van der Waals surface area (Å²) in [4.78, 5) is 11.8. The van der Waals surface area contributed by atoms with Crippen LogP contribution in [0.2, 0.25) is 0 Å². The first-order valence-corrected chi connectivity index (χ1v) is 6.86. The van der Waals surface area contributed by atoms with Crippen LogP contribution in [0.4, 0.5) is 8.78 Å². The van der Waals surface area contributed by atoms with Crippen molar-refractivity contribution in [2.75, 3.05) is 6.54 Å². The molecule has 0 bridgehead atoms. The number of carbonyl (C=O) groups excluding carboxylic acids is 1. The van der Waals surface area contributed by atoms with E-state index in [1.807, 2.05) is 30.3 Å². The van der Waals surface area contributed by atoms with E-state index in [4.69, 9.17) is 0 Å². The number of amides is 1. The van der Waals surface area contributed by atoms with Gasteiger partial charge in [0.15, 0.2) is 0 Å². The Hall–Kier alpha value is -2.23. The molecule has 110 valence electrons. The fourth-order valence-electron chi connectivity index (χ4n) is 2.12. The number of rotatable bonds is 5. The molecular formula is C17H17F2NO. The predicted molar refractivity (Wildman–Crippen MR) is 78.2 cm³/mol. The van der Waals surface area contributed by atoms with E-state index < -0.39 is 17.5 Å². The quantitative estimate of drug-likeness (QED) is 0.889. The number of carbonyl (C=O) groups is 1. The number of benzene rings is 2. The zero-order valence-electron chi connectivity index (χ0n) is 11.8. The highest BCUT2D eigenvalue weighted by molar-refractivity contribution is 5.94. The molecule has 4 heteroatoms. The zero-order chi connectivity index (χ0) is 15.2. The maximum Gasteiger partial charge on any atom is 0.254 e. The topological polar surface area (TPSA) is 29.1 Å². The lowest BCUT2D eigenvalue weighted by molar-refractivity contribution is 0.0948. The first-order chi connectivity index (χ1) is 10.1. The molecule has 0 aliphatic rings. The molecule has 2 nitrogen and oxygen atoms in total. The van der Waals surface area contributed by atoms with Crippen molar-refractivity contribution < 1.29 is 13.6 Å².